The van der Waals surface area contributed by atoms with E-state index in [0.29, 0.717) is 5.57 Å². The van der Waals surface area contributed by atoms with Crippen molar-refractivity contribution in [2.45, 2.75) is 27.1 Å². The number of ether oxygens (including phenoxy) is 2. The van der Waals surface area contributed by atoms with Crippen LogP contribution in [0, 0.1) is 0 Å². The van der Waals surface area contributed by atoms with Crippen LogP contribution in [0.5, 0.6) is 0 Å². The number of esters is 2. The van der Waals surface area contributed by atoms with Gasteiger partial charge in [-0.2, -0.15) is 0 Å². The Hall–Kier alpha value is -1.62. The first-order valence-corrected chi connectivity index (χ1v) is 6.46. The molecule has 4 nitrogen and oxygen atoms in total. The van der Waals surface area contributed by atoms with Gasteiger partial charge in [0.25, 0.3) is 6.29 Å². The average Bonchev–Trinajstić information content (AvgIpc) is 2.30. The summed E-state index contributed by atoms with van der Waals surface area (Å²) in [5, 5.41) is 0. The van der Waals surface area contributed by atoms with Crippen LogP contribution in [0.2, 0.25) is 0 Å². The topological polar surface area (TPSA) is 52.6 Å². The molecule has 0 saturated carbocycles. The Kier molecular flexibility index (Phi) is 5.76. The molecule has 0 aliphatic carbocycles. The van der Waals surface area contributed by atoms with Crippen molar-refractivity contribution in [3.8, 4) is 0 Å². The van der Waals surface area contributed by atoms with Gasteiger partial charge >= 0.3 is 11.9 Å². The van der Waals surface area contributed by atoms with E-state index in [0.717, 1.165) is 10.0 Å². The van der Waals surface area contributed by atoms with E-state index in [1.54, 1.807) is 13.0 Å². The lowest BCUT2D eigenvalue weighted by Gasteiger charge is -2.17. The second kappa shape index (κ2) is 7.09. The quantitative estimate of drug-likeness (QED) is 0.629. The van der Waals surface area contributed by atoms with Crippen LogP contribution in [0.25, 0.3) is 6.08 Å². The molecule has 0 saturated heterocycles. The van der Waals surface area contributed by atoms with Crippen LogP contribution >= 0.6 is 15.9 Å². The molecule has 1 aromatic carbocycles. The highest BCUT2D eigenvalue weighted by molar-refractivity contribution is 9.10. The minimum absolute atomic E-state index is 0.505. The monoisotopic (exact) mass is 326 g/mol. The highest BCUT2D eigenvalue weighted by Gasteiger charge is 2.17. The van der Waals surface area contributed by atoms with Crippen molar-refractivity contribution in [2.24, 2.45) is 0 Å². The van der Waals surface area contributed by atoms with Crippen LogP contribution in [0.15, 0.2) is 34.3 Å². The summed E-state index contributed by atoms with van der Waals surface area (Å²) in [6.07, 6.45) is 0.807. The molecule has 0 bridgehead atoms. The third-order valence-corrected chi connectivity index (χ3v) is 2.71. The van der Waals surface area contributed by atoms with Gasteiger partial charge in [-0.05, 0) is 30.7 Å². The smallest absolute Gasteiger partial charge is 0.305 e. The summed E-state index contributed by atoms with van der Waals surface area (Å²) in [6, 6.07) is 7.58. The molecular weight excluding hydrogens is 312 g/mol. The fourth-order valence-corrected chi connectivity index (χ4v) is 1.67. The SMILES string of the molecule is CC(=O)OC(OC(C)=O)C(C)=Cc1ccc(Br)cc1. The van der Waals surface area contributed by atoms with Gasteiger partial charge in [-0.1, -0.05) is 28.1 Å². The van der Waals surface area contributed by atoms with Gasteiger partial charge in [-0.25, -0.2) is 0 Å². The van der Waals surface area contributed by atoms with Crippen molar-refractivity contribution in [3.05, 3.63) is 39.9 Å². The number of carbonyl (C=O) groups is 2. The van der Waals surface area contributed by atoms with Crippen LogP contribution in [-0.4, -0.2) is 18.2 Å². The first kappa shape index (κ1) is 15.4. The van der Waals surface area contributed by atoms with E-state index >= 15 is 0 Å². The maximum Gasteiger partial charge on any atom is 0.305 e. The van der Waals surface area contributed by atoms with Gasteiger partial charge in [0, 0.05) is 23.9 Å². The zero-order valence-electron chi connectivity index (χ0n) is 11.0. The molecule has 1 aromatic rings. The van der Waals surface area contributed by atoms with Gasteiger partial charge in [0.1, 0.15) is 0 Å². The molecule has 0 fully saturated rings. The molecular formula is C14H15BrO4. The van der Waals surface area contributed by atoms with E-state index in [2.05, 4.69) is 15.9 Å². The summed E-state index contributed by atoms with van der Waals surface area (Å²) in [5.74, 6) is -1.01. The Morgan fingerprint density at radius 2 is 1.53 bits per heavy atom. The summed E-state index contributed by atoms with van der Waals surface area (Å²) >= 11 is 3.35. The van der Waals surface area contributed by atoms with E-state index in [1.807, 2.05) is 24.3 Å². The molecule has 0 aliphatic heterocycles. The number of rotatable bonds is 4. The van der Waals surface area contributed by atoms with Crippen LogP contribution in [0.1, 0.15) is 26.3 Å². The lowest BCUT2D eigenvalue weighted by atomic mass is 10.1. The largest absolute Gasteiger partial charge is 0.421 e. The van der Waals surface area contributed by atoms with Crippen LogP contribution < -0.4 is 0 Å². The highest BCUT2D eigenvalue weighted by atomic mass is 79.9. The van der Waals surface area contributed by atoms with Gasteiger partial charge in [0.05, 0.1) is 0 Å². The van der Waals surface area contributed by atoms with Crippen LogP contribution in [0.3, 0.4) is 0 Å². The Bertz CT molecular complexity index is 475. The predicted octanol–water partition coefficient (Wildman–Crippen LogP) is 3.30. The molecule has 1 rings (SSSR count). The van der Waals surface area contributed by atoms with Crippen molar-refractivity contribution in [1.82, 2.24) is 0 Å². The Labute approximate surface area is 120 Å². The molecule has 0 aliphatic rings. The molecule has 0 aromatic heterocycles. The van der Waals surface area contributed by atoms with Crippen molar-refractivity contribution < 1.29 is 19.1 Å². The second-order valence-corrected chi connectivity index (χ2v) is 4.91. The Morgan fingerprint density at radius 1 is 1.05 bits per heavy atom. The van der Waals surface area contributed by atoms with Gasteiger partial charge in [-0.15, -0.1) is 0 Å². The van der Waals surface area contributed by atoms with Crippen molar-refractivity contribution in [2.75, 3.05) is 0 Å². The van der Waals surface area contributed by atoms with Crippen molar-refractivity contribution >= 4 is 33.9 Å². The predicted molar refractivity (Wildman–Crippen MR) is 75.1 cm³/mol. The molecule has 0 atom stereocenters. The van der Waals surface area contributed by atoms with Crippen LogP contribution in [0.4, 0.5) is 0 Å². The van der Waals surface area contributed by atoms with E-state index in [1.165, 1.54) is 13.8 Å². The van der Waals surface area contributed by atoms with Gasteiger partial charge in [0.2, 0.25) is 0 Å². The first-order valence-electron chi connectivity index (χ1n) is 5.66. The van der Waals surface area contributed by atoms with E-state index < -0.39 is 18.2 Å². The molecule has 5 heteroatoms. The normalized spacial score (nSPS) is 11.3. The Morgan fingerprint density at radius 3 is 1.95 bits per heavy atom. The Balaban J connectivity index is 2.90. The van der Waals surface area contributed by atoms with Crippen molar-refractivity contribution in [3.63, 3.8) is 0 Å². The molecule has 102 valence electrons. The van der Waals surface area contributed by atoms with Gasteiger partial charge < -0.3 is 9.47 Å². The minimum atomic E-state index is -0.987. The molecule has 0 radical (unpaired) electrons. The maximum atomic E-state index is 11.0. The molecule has 0 amide bonds. The number of benzene rings is 1. The molecule has 0 heterocycles. The standard InChI is InChI=1S/C14H15BrO4/c1-9(8-12-4-6-13(15)7-5-12)14(18-10(2)16)19-11(3)17/h4-8,14H,1-3H3. The lowest BCUT2D eigenvalue weighted by molar-refractivity contribution is -0.177. The third kappa shape index (κ3) is 5.70. The lowest BCUT2D eigenvalue weighted by Crippen LogP contribution is -2.23. The maximum absolute atomic E-state index is 11.0. The highest BCUT2D eigenvalue weighted by Crippen LogP contribution is 2.16. The summed E-state index contributed by atoms with van der Waals surface area (Å²) in [6.45, 7) is 4.27. The molecule has 0 unspecified atom stereocenters. The number of carbonyl (C=O) groups excluding carboxylic acids is 2. The summed E-state index contributed by atoms with van der Waals surface area (Å²) in [4.78, 5) is 22.0. The summed E-state index contributed by atoms with van der Waals surface area (Å²) in [7, 11) is 0. The third-order valence-electron chi connectivity index (χ3n) is 2.18. The number of hydrogen-bond acceptors (Lipinski definition) is 4. The summed E-state index contributed by atoms with van der Waals surface area (Å²) < 4.78 is 10.9. The van der Waals surface area contributed by atoms with Gasteiger partial charge in [-0.3, -0.25) is 9.59 Å². The average molecular weight is 327 g/mol. The number of halogens is 1. The second-order valence-electron chi connectivity index (χ2n) is 3.99. The van der Waals surface area contributed by atoms with E-state index in [-0.39, 0.29) is 0 Å². The molecule has 0 spiro atoms. The van der Waals surface area contributed by atoms with E-state index in [4.69, 9.17) is 9.47 Å². The van der Waals surface area contributed by atoms with Crippen molar-refractivity contribution in [1.29, 1.82) is 0 Å². The molecule has 19 heavy (non-hydrogen) atoms. The van der Waals surface area contributed by atoms with Gasteiger partial charge in [0.15, 0.2) is 0 Å². The fraction of sp³-hybridized carbons (Fsp3) is 0.286. The van der Waals surface area contributed by atoms with E-state index in [9.17, 15) is 9.59 Å². The minimum Gasteiger partial charge on any atom is -0.421 e. The van der Waals surface area contributed by atoms with Crippen LogP contribution in [-0.2, 0) is 19.1 Å². The zero-order valence-corrected chi connectivity index (χ0v) is 12.6. The summed E-state index contributed by atoms with van der Waals surface area (Å²) in [5.41, 5.74) is 1.55. The number of hydrogen-bond donors (Lipinski definition) is 0. The molecule has 0 N–H and O–H groups in total. The first-order chi connectivity index (χ1) is 8.88. The fourth-order valence-electron chi connectivity index (χ4n) is 1.40. The zero-order chi connectivity index (χ0) is 14.4.